The molecule has 0 atom stereocenters. The lowest BCUT2D eigenvalue weighted by molar-refractivity contribution is 0.102. The molecule has 2 aromatic carbocycles. The summed E-state index contributed by atoms with van der Waals surface area (Å²) in [5, 5.41) is 11.5. The van der Waals surface area contributed by atoms with Crippen LogP contribution in [0.5, 0.6) is 5.75 Å². The minimum Gasteiger partial charge on any atom is -0.494 e. The van der Waals surface area contributed by atoms with E-state index in [-0.39, 0.29) is 5.91 Å². The van der Waals surface area contributed by atoms with E-state index < -0.39 is 0 Å². The van der Waals surface area contributed by atoms with E-state index in [1.165, 1.54) is 0 Å². The van der Waals surface area contributed by atoms with E-state index in [2.05, 4.69) is 11.4 Å². The van der Waals surface area contributed by atoms with Gasteiger partial charge in [-0.15, -0.1) is 0 Å². The van der Waals surface area contributed by atoms with Gasteiger partial charge >= 0.3 is 0 Å². The quantitative estimate of drug-likeness (QED) is 0.913. The van der Waals surface area contributed by atoms with Gasteiger partial charge in [0.05, 0.1) is 19.1 Å². The zero-order chi connectivity index (χ0) is 15.1. The molecule has 4 heteroatoms. The van der Waals surface area contributed by atoms with Gasteiger partial charge in [-0.3, -0.25) is 4.79 Å². The van der Waals surface area contributed by atoms with Gasteiger partial charge in [0.2, 0.25) is 0 Å². The van der Waals surface area contributed by atoms with Crippen molar-refractivity contribution in [3.63, 3.8) is 0 Å². The molecule has 0 saturated carbocycles. The van der Waals surface area contributed by atoms with Crippen molar-refractivity contribution in [2.45, 2.75) is 13.3 Å². The highest BCUT2D eigenvalue weighted by atomic mass is 16.5. The van der Waals surface area contributed by atoms with E-state index in [0.29, 0.717) is 24.3 Å². The molecule has 0 unspecified atom stereocenters. The van der Waals surface area contributed by atoms with Crippen molar-refractivity contribution in [2.75, 3.05) is 11.9 Å². The fourth-order valence-corrected chi connectivity index (χ4v) is 1.92. The third-order valence-electron chi connectivity index (χ3n) is 2.90. The molecule has 4 nitrogen and oxygen atoms in total. The van der Waals surface area contributed by atoms with Gasteiger partial charge in [-0.25, -0.2) is 0 Å². The summed E-state index contributed by atoms with van der Waals surface area (Å²) in [4.78, 5) is 12.2. The van der Waals surface area contributed by atoms with E-state index >= 15 is 0 Å². The first kappa shape index (κ1) is 14.6. The Kier molecular flexibility index (Phi) is 4.94. The fourth-order valence-electron chi connectivity index (χ4n) is 1.92. The Morgan fingerprint density at radius 3 is 2.67 bits per heavy atom. The third kappa shape index (κ3) is 4.08. The van der Waals surface area contributed by atoms with Gasteiger partial charge in [0.25, 0.3) is 5.91 Å². The van der Waals surface area contributed by atoms with Crippen LogP contribution < -0.4 is 10.1 Å². The molecule has 0 heterocycles. The summed E-state index contributed by atoms with van der Waals surface area (Å²) in [5.41, 5.74) is 2.07. The first-order valence-electron chi connectivity index (χ1n) is 6.73. The minimum absolute atomic E-state index is 0.195. The third-order valence-corrected chi connectivity index (χ3v) is 2.90. The smallest absolute Gasteiger partial charge is 0.255 e. The van der Waals surface area contributed by atoms with Crippen LogP contribution in [0.15, 0.2) is 48.5 Å². The Morgan fingerprint density at radius 1 is 1.24 bits per heavy atom. The van der Waals surface area contributed by atoms with Gasteiger partial charge in [0.1, 0.15) is 5.75 Å². The maximum Gasteiger partial charge on any atom is 0.255 e. The molecule has 0 radical (unpaired) electrons. The number of carbonyl (C=O) groups excluding carboxylic acids is 1. The van der Waals surface area contributed by atoms with Gasteiger partial charge < -0.3 is 10.1 Å². The van der Waals surface area contributed by atoms with E-state index in [4.69, 9.17) is 10.00 Å². The van der Waals surface area contributed by atoms with Crippen LogP contribution >= 0.6 is 0 Å². The predicted molar refractivity (Wildman–Crippen MR) is 81.3 cm³/mol. The van der Waals surface area contributed by atoms with Crippen molar-refractivity contribution in [3.05, 3.63) is 59.7 Å². The number of carbonyl (C=O) groups is 1. The summed E-state index contributed by atoms with van der Waals surface area (Å²) in [6.45, 7) is 2.53. The number of nitrogens with zero attached hydrogens (tertiary/aromatic N) is 1. The van der Waals surface area contributed by atoms with Gasteiger partial charge in [0, 0.05) is 11.3 Å². The lowest BCUT2D eigenvalue weighted by atomic mass is 10.1. The summed E-state index contributed by atoms with van der Waals surface area (Å²) >= 11 is 0. The number of hydrogen-bond acceptors (Lipinski definition) is 3. The Morgan fingerprint density at radius 2 is 2.00 bits per heavy atom. The SMILES string of the molecule is CCOc1ccc(NC(=O)c2cccc(CC#N)c2)cc1. The van der Waals surface area contributed by atoms with Crippen molar-refractivity contribution < 1.29 is 9.53 Å². The number of benzene rings is 2. The fraction of sp³-hybridized carbons (Fsp3) is 0.176. The van der Waals surface area contributed by atoms with Crippen molar-refractivity contribution in [2.24, 2.45) is 0 Å². The van der Waals surface area contributed by atoms with Crippen LogP contribution in [-0.2, 0) is 6.42 Å². The first-order chi connectivity index (χ1) is 10.2. The summed E-state index contributed by atoms with van der Waals surface area (Å²) in [7, 11) is 0. The van der Waals surface area contributed by atoms with E-state index in [9.17, 15) is 4.79 Å². The monoisotopic (exact) mass is 280 g/mol. The second-order valence-corrected chi connectivity index (χ2v) is 4.45. The van der Waals surface area contributed by atoms with Crippen molar-refractivity contribution in [1.82, 2.24) is 0 Å². The topological polar surface area (TPSA) is 62.1 Å². The predicted octanol–water partition coefficient (Wildman–Crippen LogP) is 3.40. The number of nitriles is 1. The molecule has 1 N–H and O–H groups in total. The molecule has 106 valence electrons. The number of nitrogens with one attached hydrogen (secondary N) is 1. The zero-order valence-electron chi connectivity index (χ0n) is 11.8. The molecule has 0 bridgehead atoms. The lowest BCUT2D eigenvalue weighted by Crippen LogP contribution is -2.12. The molecule has 2 rings (SSSR count). The van der Waals surface area contributed by atoms with Gasteiger partial charge in [-0.2, -0.15) is 5.26 Å². The second-order valence-electron chi connectivity index (χ2n) is 4.45. The maximum absolute atomic E-state index is 12.2. The number of ether oxygens (including phenoxy) is 1. The van der Waals surface area contributed by atoms with Crippen LogP contribution in [0.3, 0.4) is 0 Å². The van der Waals surface area contributed by atoms with Gasteiger partial charge in [-0.05, 0) is 48.9 Å². The Bertz CT molecular complexity index is 657. The average molecular weight is 280 g/mol. The molecular formula is C17H16N2O2. The highest BCUT2D eigenvalue weighted by Gasteiger charge is 2.07. The van der Waals surface area contributed by atoms with Crippen LogP contribution in [0, 0.1) is 11.3 Å². The lowest BCUT2D eigenvalue weighted by Gasteiger charge is -2.07. The van der Waals surface area contributed by atoms with Crippen LogP contribution in [0.2, 0.25) is 0 Å². The zero-order valence-corrected chi connectivity index (χ0v) is 11.8. The first-order valence-corrected chi connectivity index (χ1v) is 6.73. The standard InChI is InChI=1S/C17H16N2O2/c1-2-21-16-8-6-15(7-9-16)19-17(20)14-5-3-4-13(12-14)10-11-18/h3-9,12H,2,10H2,1H3,(H,19,20). The van der Waals surface area contributed by atoms with Gasteiger partial charge in [-0.1, -0.05) is 12.1 Å². The van der Waals surface area contributed by atoms with Crippen LogP contribution in [-0.4, -0.2) is 12.5 Å². The summed E-state index contributed by atoms with van der Waals surface area (Å²) in [5.74, 6) is 0.575. The van der Waals surface area contributed by atoms with Crippen LogP contribution in [0.4, 0.5) is 5.69 Å². The molecule has 0 aliphatic carbocycles. The Balaban J connectivity index is 2.07. The highest BCUT2D eigenvalue weighted by molar-refractivity contribution is 6.04. The highest BCUT2D eigenvalue weighted by Crippen LogP contribution is 2.16. The molecular weight excluding hydrogens is 264 g/mol. The average Bonchev–Trinajstić information content (AvgIpc) is 2.50. The number of rotatable bonds is 5. The van der Waals surface area contributed by atoms with E-state index in [1.807, 2.05) is 25.1 Å². The van der Waals surface area contributed by atoms with E-state index in [1.54, 1.807) is 30.3 Å². The Hall–Kier alpha value is -2.80. The Labute approximate surface area is 124 Å². The molecule has 2 aromatic rings. The molecule has 0 aromatic heterocycles. The van der Waals surface area contributed by atoms with Crippen LogP contribution in [0.25, 0.3) is 0 Å². The molecule has 0 aliphatic heterocycles. The maximum atomic E-state index is 12.2. The molecule has 0 aliphatic rings. The number of anilines is 1. The van der Waals surface area contributed by atoms with Crippen LogP contribution in [0.1, 0.15) is 22.8 Å². The number of amides is 1. The summed E-state index contributed by atoms with van der Waals surface area (Å²) in [6, 6.07) is 16.3. The molecule has 0 saturated heterocycles. The van der Waals surface area contributed by atoms with Gasteiger partial charge in [0.15, 0.2) is 0 Å². The minimum atomic E-state index is -0.195. The van der Waals surface area contributed by atoms with Crippen molar-refractivity contribution >= 4 is 11.6 Å². The molecule has 21 heavy (non-hydrogen) atoms. The largest absolute Gasteiger partial charge is 0.494 e. The summed E-state index contributed by atoms with van der Waals surface area (Å²) in [6.07, 6.45) is 0.296. The van der Waals surface area contributed by atoms with Crippen molar-refractivity contribution in [1.29, 1.82) is 5.26 Å². The normalized spacial score (nSPS) is 9.71. The summed E-state index contributed by atoms with van der Waals surface area (Å²) < 4.78 is 5.35. The molecule has 0 spiro atoms. The van der Waals surface area contributed by atoms with E-state index in [0.717, 1.165) is 11.3 Å². The number of hydrogen-bond donors (Lipinski definition) is 1. The molecule has 0 fully saturated rings. The molecule has 1 amide bonds. The second kappa shape index (κ2) is 7.11. The van der Waals surface area contributed by atoms with Crippen molar-refractivity contribution in [3.8, 4) is 11.8 Å².